The zero-order chi connectivity index (χ0) is 11.3. The molecule has 0 aromatic carbocycles. The van der Waals surface area contributed by atoms with Crippen molar-refractivity contribution in [2.24, 2.45) is 11.7 Å². The fourth-order valence-electron chi connectivity index (χ4n) is 2.07. The van der Waals surface area contributed by atoms with Crippen LogP contribution in [-0.2, 0) is 9.59 Å². The molecule has 0 aromatic rings. The molecule has 0 amide bonds. The molecule has 0 radical (unpaired) electrons. The molecule has 0 aromatic heterocycles. The van der Waals surface area contributed by atoms with Gasteiger partial charge >= 0.3 is 5.97 Å². The van der Waals surface area contributed by atoms with Gasteiger partial charge in [0.15, 0.2) is 0 Å². The van der Waals surface area contributed by atoms with E-state index in [9.17, 15) is 9.59 Å². The highest BCUT2D eigenvalue weighted by molar-refractivity contribution is 5.87. The van der Waals surface area contributed by atoms with Crippen LogP contribution in [0.25, 0.3) is 0 Å². The van der Waals surface area contributed by atoms with Crippen molar-refractivity contribution in [2.75, 3.05) is 0 Å². The van der Waals surface area contributed by atoms with E-state index in [4.69, 9.17) is 10.8 Å². The number of ketones is 1. The first kappa shape index (κ1) is 12.2. The van der Waals surface area contributed by atoms with Gasteiger partial charge in [-0.25, -0.2) is 0 Å². The lowest BCUT2D eigenvalue weighted by molar-refractivity contribution is -0.140. The SMILES string of the molecule is NC(CC(=O)C1CCCCCC1)C(=O)O. The summed E-state index contributed by atoms with van der Waals surface area (Å²) in [4.78, 5) is 22.2. The van der Waals surface area contributed by atoms with Gasteiger partial charge in [0.25, 0.3) is 0 Å². The number of carbonyl (C=O) groups excluding carboxylic acids is 1. The van der Waals surface area contributed by atoms with E-state index in [1.54, 1.807) is 0 Å². The molecule has 1 rings (SSSR count). The van der Waals surface area contributed by atoms with Crippen LogP contribution in [0.5, 0.6) is 0 Å². The number of aliphatic carboxylic acids is 1. The highest BCUT2D eigenvalue weighted by Gasteiger charge is 2.24. The Morgan fingerprint density at radius 1 is 1.20 bits per heavy atom. The summed E-state index contributed by atoms with van der Waals surface area (Å²) < 4.78 is 0. The molecule has 1 aliphatic carbocycles. The van der Waals surface area contributed by atoms with E-state index in [0.717, 1.165) is 25.7 Å². The lowest BCUT2D eigenvalue weighted by Gasteiger charge is -2.13. The number of carboxylic acids is 1. The van der Waals surface area contributed by atoms with Crippen LogP contribution >= 0.6 is 0 Å². The third-order valence-electron chi connectivity index (χ3n) is 3.05. The van der Waals surface area contributed by atoms with Crippen LogP contribution in [0, 0.1) is 5.92 Å². The topological polar surface area (TPSA) is 80.4 Å². The number of rotatable bonds is 4. The Kier molecular flexibility index (Phi) is 4.75. The maximum absolute atomic E-state index is 11.7. The molecule has 1 fully saturated rings. The molecule has 1 atom stereocenters. The first-order valence-electron chi connectivity index (χ1n) is 5.62. The first-order chi connectivity index (χ1) is 7.11. The standard InChI is InChI=1S/C11H19NO3/c12-9(11(14)15)7-10(13)8-5-3-1-2-4-6-8/h8-9H,1-7,12H2,(H,14,15). The van der Waals surface area contributed by atoms with Crippen molar-refractivity contribution in [3.05, 3.63) is 0 Å². The second-order valence-electron chi connectivity index (χ2n) is 4.30. The van der Waals surface area contributed by atoms with Crippen LogP contribution in [0.3, 0.4) is 0 Å². The van der Waals surface area contributed by atoms with Gasteiger partial charge in [-0.05, 0) is 12.8 Å². The first-order valence-corrected chi connectivity index (χ1v) is 5.62. The van der Waals surface area contributed by atoms with Gasteiger partial charge in [-0.3, -0.25) is 9.59 Å². The van der Waals surface area contributed by atoms with E-state index in [1.165, 1.54) is 12.8 Å². The quantitative estimate of drug-likeness (QED) is 0.690. The minimum Gasteiger partial charge on any atom is -0.480 e. The zero-order valence-corrected chi connectivity index (χ0v) is 8.95. The monoisotopic (exact) mass is 213 g/mol. The molecular weight excluding hydrogens is 194 g/mol. The number of nitrogens with two attached hydrogens (primary N) is 1. The number of hydrogen-bond donors (Lipinski definition) is 2. The van der Waals surface area contributed by atoms with E-state index in [1.807, 2.05) is 0 Å². The minimum atomic E-state index is -1.09. The maximum atomic E-state index is 11.7. The van der Waals surface area contributed by atoms with Crippen LogP contribution in [0.2, 0.25) is 0 Å². The summed E-state index contributed by atoms with van der Waals surface area (Å²) in [6.45, 7) is 0. The third kappa shape index (κ3) is 4.00. The van der Waals surface area contributed by atoms with E-state index in [2.05, 4.69) is 0 Å². The summed E-state index contributed by atoms with van der Waals surface area (Å²) in [6.07, 6.45) is 6.34. The Morgan fingerprint density at radius 2 is 1.73 bits per heavy atom. The molecular formula is C11H19NO3. The fourth-order valence-corrected chi connectivity index (χ4v) is 2.07. The normalized spacial score (nSPS) is 20.6. The summed E-state index contributed by atoms with van der Waals surface area (Å²) in [5, 5.41) is 8.61. The Hall–Kier alpha value is -0.900. The molecule has 0 aliphatic heterocycles. The van der Waals surface area contributed by atoms with Crippen LogP contribution in [0.15, 0.2) is 0 Å². The van der Waals surface area contributed by atoms with Crippen LogP contribution in [0.1, 0.15) is 44.9 Å². The number of carboxylic acid groups (broad SMARTS) is 1. The predicted octanol–water partition coefficient (Wildman–Crippen LogP) is 1.33. The molecule has 0 heterocycles. The largest absolute Gasteiger partial charge is 0.480 e. The van der Waals surface area contributed by atoms with Crippen LogP contribution < -0.4 is 5.73 Å². The zero-order valence-electron chi connectivity index (χ0n) is 8.95. The van der Waals surface area contributed by atoms with Gasteiger partial charge in [0.2, 0.25) is 0 Å². The summed E-state index contributed by atoms with van der Waals surface area (Å²) in [5.41, 5.74) is 5.34. The van der Waals surface area contributed by atoms with Gasteiger partial charge in [-0.1, -0.05) is 25.7 Å². The second kappa shape index (κ2) is 5.85. The highest BCUT2D eigenvalue weighted by Crippen LogP contribution is 2.24. The molecule has 3 N–H and O–H groups in total. The van der Waals surface area contributed by atoms with Crippen LogP contribution in [-0.4, -0.2) is 22.9 Å². The Morgan fingerprint density at radius 3 is 2.20 bits per heavy atom. The number of hydrogen-bond acceptors (Lipinski definition) is 3. The van der Waals surface area contributed by atoms with Gasteiger partial charge < -0.3 is 10.8 Å². The average Bonchev–Trinajstić information content (AvgIpc) is 2.45. The van der Waals surface area contributed by atoms with Crippen molar-refractivity contribution in [1.29, 1.82) is 0 Å². The Balaban J connectivity index is 2.41. The van der Waals surface area contributed by atoms with Crippen molar-refractivity contribution in [1.82, 2.24) is 0 Å². The Bertz CT molecular complexity index is 232. The third-order valence-corrected chi connectivity index (χ3v) is 3.05. The van der Waals surface area contributed by atoms with Gasteiger partial charge in [-0.2, -0.15) is 0 Å². The van der Waals surface area contributed by atoms with Crippen molar-refractivity contribution < 1.29 is 14.7 Å². The molecule has 15 heavy (non-hydrogen) atoms. The van der Waals surface area contributed by atoms with Crippen molar-refractivity contribution >= 4 is 11.8 Å². The molecule has 0 bridgehead atoms. The molecule has 0 saturated heterocycles. The van der Waals surface area contributed by atoms with Crippen LogP contribution in [0.4, 0.5) is 0 Å². The van der Waals surface area contributed by atoms with E-state index in [0.29, 0.717) is 0 Å². The lowest BCUT2D eigenvalue weighted by atomic mass is 9.92. The fraction of sp³-hybridized carbons (Fsp3) is 0.818. The molecule has 86 valence electrons. The van der Waals surface area contributed by atoms with Gasteiger partial charge in [0, 0.05) is 12.3 Å². The molecule has 4 heteroatoms. The Labute approximate surface area is 89.8 Å². The average molecular weight is 213 g/mol. The predicted molar refractivity (Wildman–Crippen MR) is 56.4 cm³/mol. The van der Waals surface area contributed by atoms with Crippen molar-refractivity contribution in [3.63, 3.8) is 0 Å². The summed E-state index contributed by atoms with van der Waals surface area (Å²) in [6, 6.07) is -1.03. The lowest BCUT2D eigenvalue weighted by Crippen LogP contribution is -2.34. The van der Waals surface area contributed by atoms with E-state index in [-0.39, 0.29) is 18.1 Å². The van der Waals surface area contributed by atoms with Crippen molar-refractivity contribution in [2.45, 2.75) is 51.0 Å². The van der Waals surface area contributed by atoms with Gasteiger partial charge in [0.1, 0.15) is 11.8 Å². The van der Waals surface area contributed by atoms with Gasteiger partial charge in [0.05, 0.1) is 0 Å². The molecule has 0 spiro atoms. The van der Waals surface area contributed by atoms with E-state index >= 15 is 0 Å². The van der Waals surface area contributed by atoms with Gasteiger partial charge in [-0.15, -0.1) is 0 Å². The smallest absolute Gasteiger partial charge is 0.320 e. The molecule has 1 aliphatic rings. The number of Topliss-reactive ketones (excluding diaryl/α,β-unsaturated/α-hetero) is 1. The highest BCUT2D eigenvalue weighted by atomic mass is 16.4. The maximum Gasteiger partial charge on any atom is 0.320 e. The summed E-state index contributed by atoms with van der Waals surface area (Å²) in [7, 11) is 0. The summed E-state index contributed by atoms with van der Waals surface area (Å²) in [5.74, 6) is -0.998. The molecule has 1 unspecified atom stereocenters. The second-order valence-corrected chi connectivity index (χ2v) is 4.30. The summed E-state index contributed by atoms with van der Waals surface area (Å²) >= 11 is 0. The number of carbonyl (C=O) groups is 2. The molecule has 1 saturated carbocycles. The molecule has 4 nitrogen and oxygen atoms in total. The minimum absolute atomic E-state index is 0.0139. The van der Waals surface area contributed by atoms with Crippen molar-refractivity contribution in [3.8, 4) is 0 Å². The van der Waals surface area contributed by atoms with E-state index < -0.39 is 12.0 Å².